The lowest BCUT2D eigenvalue weighted by Crippen LogP contribution is -2.52. The molecule has 2 fully saturated rings. The van der Waals surface area contributed by atoms with E-state index in [1.54, 1.807) is 0 Å². The Kier molecular flexibility index (Phi) is 9.90. The Bertz CT molecular complexity index is 774. The van der Waals surface area contributed by atoms with Gasteiger partial charge in [0.2, 0.25) is 5.91 Å². The minimum atomic E-state index is 0. The molecule has 1 aromatic rings. The molecule has 1 aliphatic carbocycles. The number of fused-ring (bicyclic) bond motifs is 1. The first-order valence-electron chi connectivity index (χ1n) is 11.9. The molecule has 1 saturated carbocycles. The van der Waals surface area contributed by atoms with Crippen molar-refractivity contribution in [3.05, 3.63) is 29.3 Å². The van der Waals surface area contributed by atoms with Gasteiger partial charge in [-0.15, -0.1) is 24.0 Å². The van der Waals surface area contributed by atoms with Crippen LogP contribution in [0.25, 0.3) is 0 Å². The summed E-state index contributed by atoms with van der Waals surface area (Å²) in [7, 11) is 1.81. The molecule has 3 aliphatic rings. The van der Waals surface area contributed by atoms with E-state index < -0.39 is 0 Å². The van der Waals surface area contributed by atoms with Crippen LogP contribution in [0.1, 0.15) is 36.8 Å². The number of halogens is 1. The van der Waals surface area contributed by atoms with Crippen LogP contribution in [0.2, 0.25) is 0 Å². The summed E-state index contributed by atoms with van der Waals surface area (Å²) in [6.07, 6.45) is 6.61. The van der Waals surface area contributed by atoms with Crippen LogP contribution in [0, 0.1) is 5.92 Å². The van der Waals surface area contributed by atoms with Gasteiger partial charge >= 0.3 is 0 Å². The Hall–Kier alpha value is -1.55. The van der Waals surface area contributed by atoms with E-state index in [-0.39, 0.29) is 24.0 Å². The monoisotopic (exact) mass is 555 g/mol. The zero-order valence-corrected chi connectivity index (χ0v) is 21.6. The highest BCUT2D eigenvalue weighted by Crippen LogP contribution is 2.27. The lowest BCUT2D eigenvalue weighted by Gasteiger charge is -2.36. The van der Waals surface area contributed by atoms with Crippen LogP contribution in [-0.4, -0.2) is 81.1 Å². The highest BCUT2D eigenvalue weighted by Gasteiger charge is 2.29. The number of ether oxygens (including phenoxy) is 1. The zero-order valence-electron chi connectivity index (χ0n) is 19.3. The summed E-state index contributed by atoms with van der Waals surface area (Å²) in [6, 6.07) is 6.50. The van der Waals surface area contributed by atoms with Crippen LogP contribution in [0.15, 0.2) is 23.2 Å². The maximum atomic E-state index is 12.6. The van der Waals surface area contributed by atoms with Crippen molar-refractivity contribution in [2.45, 2.75) is 38.5 Å². The SMILES string of the molecule is CN=C(NCCc1ccc2c(c1)CCO2)NCCN1CCN(C(=O)C2CCCC2)CC1.I. The second kappa shape index (κ2) is 12.6. The molecule has 0 unspecified atom stereocenters. The fourth-order valence-corrected chi connectivity index (χ4v) is 4.90. The molecular weight excluding hydrogens is 517 g/mol. The first-order chi connectivity index (χ1) is 15.2. The number of hydrogen-bond donors (Lipinski definition) is 2. The number of hydrogen-bond acceptors (Lipinski definition) is 4. The maximum Gasteiger partial charge on any atom is 0.225 e. The van der Waals surface area contributed by atoms with Crippen molar-refractivity contribution in [2.24, 2.45) is 10.9 Å². The number of benzene rings is 1. The van der Waals surface area contributed by atoms with Crippen LogP contribution in [0.4, 0.5) is 0 Å². The number of carbonyl (C=O) groups is 1. The molecule has 1 saturated heterocycles. The number of nitrogens with zero attached hydrogens (tertiary/aromatic N) is 3. The smallest absolute Gasteiger partial charge is 0.225 e. The van der Waals surface area contributed by atoms with Crippen molar-refractivity contribution in [3.63, 3.8) is 0 Å². The van der Waals surface area contributed by atoms with E-state index >= 15 is 0 Å². The number of piperazine rings is 1. The lowest BCUT2D eigenvalue weighted by atomic mass is 10.1. The Morgan fingerprint density at radius 1 is 1.12 bits per heavy atom. The van der Waals surface area contributed by atoms with Crippen LogP contribution in [0.3, 0.4) is 0 Å². The molecule has 2 N–H and O–H groups in total. The third-order valence-corrected chi connectivity index (χ3v) is 6.79. The molecule has 4 rings (SSSR count). The molecule has 178 valence electrons. The first kappa shape index (κ1) is 25.1. The predicted molar refractivity (Wildman–Crippen MR) is 139 cm³/mol. The summed E-state index contributed by atoms with van der Waals surface area (Å²) in [6.45, 7) is 7.15. The molecule has 1 amide bonds. The molecule has 0 aromatic heterocycles. The average Bonchev–Trinajstić information content (AvgIpc) is 3.50. The van der Waals surface area contributed by atoms with Gasteiger partial charge < -0.3 is 20.3 Å². The molecule has 0 atom stereocenters. The second-order valence-electron chi connectivity index (χ2n) is 8.86. The second-order valence-corrected chi connectivity index (χ2v) is 8.86. The van der Waals surface area contributed by atoms with E-state index in [9.17, 15) is 4.79 Å². The van der Waals surface area contributed by atoms with Crippen molar-refractivity contribution >= 4 is 35.8 Å². The molecule has 8 heteroatoms. The van der Waals surface area contributed by atoms with Gasteiger partial charge in [-0.25, -0.2) is 0 Å². The predicted octanol–water partition coefficient (Wildman–Crippen LogP) is 2.28. The topological polar surface area (TPSA) is 69.2 Å². The average molecular weight is 556 g/mol. The summed E-state index contributed by atoms with van der Waals surface area (Å²) in [4.78, 5) is 21.4. The van der Waals surface area contributed by atoms with Crippen molar-refractivity contribution in [1.82, 2.24) is 20.4 Å². The Morgan fingerprint density at radius 3 is 2.62 bits per heavy atom. The summed E-state index contributed by atoms with van der Waals surface area (Å²) < 4.78 is 5.58. The molecule has 0 bridgehead atoms. The van der Waals surface area contributed by atoms with Gasteiger partial charge in [-0.2, -0.15) is 0 Å². The van der Waals surface area contributed by atoms with Gasteiger partial charge in [0.1, 0.15) is 5.75 Å². The number of carbonyl (C=O) groups excluding carboxylic acids is 1. The summed E-state index contributed by atoms with van der Waals surface area (Å²) in [5.74, 6) is 2.58. The largest absolute Gasteiger partial charge is 0.493 e. The highest BCUT2D eigenvalue weighted by atomic mass is 127. The molecular formula is C24H38IN5O2. The molecule has 32 heavy (non-hydrogen) atoms. The van der Waals surface area contributed by atoms with Gasteiger partial charge in [-0.1, -0.05) is 25.0 Å². The third-order valence-electron chi connectivity index (χ3n) is 6.79. The zero-order chi connectivity index (χ0) is 21.5. The highest BCUT2D eigenvalue weighted by molar-refractivity contribution is 14.0. The quantitative estimate of drug-likeness (QED) is 0.307. The number of aliphatic imine (C=N–C) groups is 1. The van der Waals surface area contributed by atoms with E-state index in [0.29, 0.717) is 11.8 Å². The number of guanidine groups is 1. The van der Waals surface area contributed by atoms with Gasteiger partial charge in [-0.05, 0) is 36.5 Å². The molecule has 7 nitrogen and oxygen atoms in total. The first-order valence-corrected chi connectivity index (χ1v) is 11.9. The summed E-state index contributed by atoms with van der Waals surface area (Å²) in [5.41, 5.74) is 2.65. The van der Waals surface area contributed by atoms with E-state index in [1.807, 2.05) is 7.05 Å². The van der Waals surface area contributed by atoms with Crippen LogP contribution in [-0.2, 0) is 17.6 Å². The standard InChI is InChI=1S/C24H37N5O2.HI/c1-25-24(26-10-8-19-6-7-22-21(18-19)9-17-31-22)27-11-12-28-13-15-29(16-14-28)23(30)20-4-2-3-5-20;/h6-7,18,20H,2-5,8-17H2,1H3,(H2,25,26,27);1H. The fraction of sp³-hybridized carbons (Fsp3) is 0.667. The van der Waals surface area contributed by atoms with Crippen molar-refractivity contribution in [2.75, 3.05) is 59.5 Å². The summed E-state index contributed by atoms with van der Waals surface area (Å²) in [5, 5.41) is 6.83. The Balaban J connectivity index is 0.00000289. The summed E-state index contributed by atoms with van der Waals surface area (Å²) >= 11 is 0. The van der Waals surface area contributed by atoms with Crippen molar-refractivity contribution < 1.29 is 9.53 Å². The van der Waals surface area contributed by atoms with E-state index in [2.05, 4.69) is 43.6 Å². The molecule has 1 aromatic carbocycles. The minimum Gasteiger partial charge on any atom is -0.493 e. The third kappa shape index (κ3) is 6.73. The van der Waals surface area contributed by atoms with E-state index in [4.69, 9.17) is 4.74 Å². The van der Waals surface area contributed by atoms with E-state index in [1.165, 1.54) is 24.0 Å². The van der Waals surface area contributed by atoms with E-state index in [0.717, 1.165) is 89.8 Å². The fourth-order valence-electron chi connectivity index (χ4n) is 4.90. The van der Waals surface area contributed by atoms with Crippen molar-refractivity contribution in [3.8, 4) is 5.75 Å². The van der Waals surface area contributed by atoms with Crippen LogP contribution < -0.4 is 15.4 Å². The van der Waals surface area contributed by atoms with Crippen LogP contribution in [0.5, 0.6) is 5.75 Å². The molecule has 2 heterocycles. The van der Waals surface area contributed by atoms with Gasteiger partial charge in [-0.3, -0.25) is 14.7 Å². The van der Waals surface area contributed by atoms with Gasteiger partial charge in [0.15, 0.2) is 5.96 Å². The Labute approximate surface area is 209 Å². The lowest BCUT2D eigenvalue weighted by molar-refractivity contribution is -0.137. The molecule has 0 spiro atoms. The van der Waals surface area contributed by atoms with Crippen LogP contribution >= 0.6 is 24.0 Å². The van der Waals surface area contributed by atoms with Gasteiger partial charge in [0, 0.05) is 65.2 Å². The van der Waals surface area contributed by atoms with Gasteiger partial charge in [0.05, 0.1) is 6.61 Å². The maximum absolute atomic E-state index is 12.6. The number of rotatable bonds is 7. The molecule has 2 aliphatic heterocycles. The normalized spacial score (nSPS) is 19.3. The number of amides is 1. The van der Waals surface area contributed by atoms with Gasteiger partial charge in [0.25, 0.3) is 0 Å². The number of nitrogens with one attached hydrogen (secondary N) is 2. The van der Waals surface area contributed by atoms with Crippen molar-refractivity contribution in [1.29, 1.82) is 0 Å². The molecule has 0 radical (unpaired) electrons. The minimum absolute atomic E-state index is 0. The Morgan fingerprint density at radius 2 is 1.88 bits per heavy atom.